The van der Waals surface area contributed by atoms with E-state index >= 15 is 0 Å². The van der Waals surface area contributed by atoms with Crippen LogP contribution in [0.5, 0.6) is 0 Å². The van der Waals surface area contributed by atoms with Gasteiger partial charge in [0.15, 0.2) is 0 Å². The molecule has 0 bridgehead atoms. The summed E-state index contributed by atoms with van der Waals surface area (Å²) in [5.74, 6) is 0.0729. The van der Waals surface area contributed by atoms with Crippen LogP contribution >= 0.6 is 0 Å². The summed E-state index contributed by atoms with van der Waals surface area (Å²) in [6, 6.07) is 0. The molecule has 0 rings (SSSR count). The number of carbonyl (C=O) groups excluding carboxylic acids is 2. The molecule has 0 aromatic rings. The SMILES string of the molecule is CCC(=O)OCC(C)C.COCC(C)OC(C)=O. The summed E-state index contributed by atoms with van der Waals surface area (Å²) in [5.41, 5.74) is 0. The van der Waals surface area contributed by atoms with Gasteiger partial charge in [0.05, 0.1) is 13.2 Å². The van der Waals surface area contributed by atoms with Gasteiger partial charge in [-0.3, -0.25) is 9.59 Å². The smallest absolute Gasteiger partial charge is 0.305 e. The van der Waals surface area contributed by atoms with Crippen LogP contribution in [0.4, 0.5) is 0 Å². The number of carbonyl (C=O) groups is 2. The second-order valence-corrected chi connectivity index (χ2v) is 4.31. The van der Waals surface area contributed by atoms with Gasteiger partial charge in [0, 0.05) is 20.5 Å². The summed E-state index contributed by atoms with van der Waals surface area (Å²) in [6.45, 7) is 10.00. The Hall–Kier alpha value is -1.10. The Bertz CT molecular complexity index is 225. The van der Waals surface area contributed by atoms with Gasteiger partial charge in [-0.05, 0) is 12.8 Å². The van der Waals surface area contributed by atoms with Gasteiger partial charge in [0.1, 0.15) is 6.10 Å². The first-order chi connectivity index (χ1) is 8.33. The van der Waals surface area contributed by atoms with E-state index in [9.17, 15) is 9.59 Å². The molecule has 0 aliphatic heterocycles. The molecule has 18 heavy (non-hydrogen) atoms. The van der Waals surface area contributed by atoms with Crippen molar-refractivity contribution in [3.8, 4) is 0 Å². The Labute approximate surface area is 110 Å². The van der Waals surface area contributed by atoms with Crippen LogP contribution in [0.2, 0.25) is 0 Å². The minimum Gasteiger partial charge on any atom is -0.465 e. The number of ether oxygens (including phenoxy) is 3. The van der Waals surface area contributed by atoms with Crippen LogP contribution < -0.4 is 0 Å². The topological polar surface area (TPSA) is 61.8 Å². The zero-order valence-corrected chi connectivity index (χ0v) is 12.3. The fraction of sp³-hybridized carbons (Fsp3) is 0.846. The van der Waals surface area contributed by atoms with Crippen molar-refractivity contribution in [2.75, 3.05) is 20.3 Å². The van der Waals surface area contributed by atoms with E-state index in [2.05, 4.69) is 0 Å². The lowest BCUT2D eigenvalue weighted by molar-refractivity contribution is -0.147. The predicted molar refractivity (Wildman–Crippen MR) is 69.2 cm³/mol. The third-order valence-corrected chi connectivity index (χ3v) is 1.63. The van der Waals surface area contributed by atoms with E-state index in [1.807, 2.05) is 13.8 Å². The van der Waals surface area contributed by atoms with Crippen molar-refractivity contribution in [1.82, 2.24) is 0 Å². The molecule has 0 N–H and O–H groups in total. The van der Waals surface area contributed by atoms with E-state index in [1.54, 1.807) is 21.0 Å². The van der Waals surface area contributed by atoms with E-state index < -0.39 is 0 Å². The molecular weight excluding hydrogens is 236 g/mol. The summed E-state index contributed by atoms with van der Waals surface area (Å²) in [4.78, 5) is 20.7. The van der Waals surface area contributed by atoms with Crippen molar-refractivity contribution in [1.29, 1.82) is 0 Å². The Morgan fingerprint density at radius 3 is 2.00 bits per heavy atom. The number of methoxy groups -OCH3 is 1. The zero-order valence-electron chi connectivity index (χ0n) is 12.3. The second kappa shape index (κ2) is 12.4. The van der Waals surface area contributed by atoms with Gasteiger partial charge in [-0.25, -0.2) is 0 Å². The molecule has 0 saturated heterocycles. The molecule has 0 aromatic heterocycles. The summed E-state index contributed by atoms with van der Waals surface area (Å²) in [5, 5.41) is 0. The van der Waals surface area contributed by atoms with Gasteiger partial charge < -0.3 is 14.2 Å². The van der Waals surface area contributed by atoms with E-state index in [0.717, 1.165) is 0 Å². The maximum atomic E-state index is 10.5. The maximum Gasteiger partial charge on any atom is 0.305 e. The Balaban J connectivity index is 0. The van der Waals surface area contributed by atoms with E-state index in [4.69, 9.17) is 14.2 Å². The van der Waals surface area contributed by atoms with Crippen LogP contribution in [-0.4, -0.2) is 38.4 Å². The third-order valence-electron chi connectivity index (χ3n) is 1.63. The fourth-order valence-corrected chi connectivity index (χ4v) is 0.914. The maximum absolute atomic E-state index is 10.5. The number of rotatable bonds is 6. The number of esters is 2. The Morgan fingerprint density at radius 1 is 1.11 bits per heavy atom. The molecular formula is C13H26O5. The van der Waals surface area contributed by atoms with Crippen LogP contribution in [0.1, 0.15) is 41.0 Å². The lowest BCUT2D eigenvalue weighted by Gasteiger charge is -2.08. The summed E-state index contributed by atoms with van der Waals surface area (Å²) in [7, 11) is 1.57. The molecule has 0 radical (unpaired) electrons. The lowest BCUT2D eigenvalue weighted by atomic mass is 10.2. The van der Waals surface area contributed by atoms with Gasteiger partial charge in [-0.2, -0.15) is 0 Å². The number of hydrogen-bond donors (Lipinski definition) is 0. The summed E-state index contributed by atoms with van der Waals surface area (Å²) >= 11 is 0. The van der Waals surface area contributed by atoms with Crippen LogP contribution in [-0.2, 0) is 23.8 Å². The highest BCUT2D eigenvalue weighted by Gasteiger charge is 2.02. The fourth-order valence-electron chi connectivity index (χ4n) is 0.914. The molecule has 108 valence electrons. The van der Waals surface area contributed by atoms with Crippen molar-refractivity contribution < 1.29 is 23.8 Å². The summed E-state index contributed by atoms with van der Waals surface area (Å²) < 4.78 is 14.3. The quantitative estimate of drug-likeness (QED) is 0.687. The van der Waals surface area contributed by atoms with Gasteiger partial charge >= 0.3 is 11.9 Å². The number of hydrogen-bond acceptors (Lipinski definition) is 5. The second-order valence-electron chi connectivity index (χ2n) is 4.31. The largest absolute Gasteiger partial charge is 0.465 e. The normalized spacial score (nSPS) is 11.3. The molecule has 5 heteroatoms. The Morgan fingerprint density at radius 2 is 1.67 bits per heavy atom. The molecule has 0 amide bonds. The monoisotopic (exact) mass is 262 g/mol. The van der Waals surface area contributed by atoms with Gasteiger partial charge in [0.2, 0.25) is 0 Å². The van der Waals surface area contributed by atoms with Crippen LogP contribution in [0.25, 0.3) is 0 Å². The molecule has 5 nitrogen and oxygen atoms in total. The summed E-state index contributed by atoms with van der Waals surface area (Å²) in [6.07, 6.45) is 0.347. The highest BCUT2D eigenvalue weighted by molar-refractivity contribution is 5.68. The first kappa shape index (κ1) is 19.2. The minimum absolute atomic E-state index is 0.108. The van der Waals surface area contributed by atoms with Crippen molar-refractivity contribution in [3.05, 3.63) is 0 Å². The van der Waals surface area contributed by atoms with Gasteiger partial charge in [0.25, 0.3) is 0 Å². The Kier molecular flexibility index (Phi) is 13.2. The van der Waals surface area contributed by atoms with Crippen molar-refractivity contribution in [3.63, 3.8) is 0 Å². The molecule has 0 aliphatic rings. The molecule has 0 fully saturated rings. The lowest BCUT2D eigenvalue weighted by Crippen LogP contribution is -2.17. The van der Waals surface area contributed by atoms with Gasteiger partial charge in [-0.15, -0.1) is 0 Å². The van der Waals surface area contributed by atoms with E-state index in [1.165, 1.54) is 6.92 Å². The molecule has 1 unspecified atom stereocenters. The van der Waals surface area contributed by atoms with Gasteiger partial charge in [-0.1, -0.05) is 20.8 Å². The molecule has 0 spiro atoms. The van der Waals surface area contributed by atoms with E-state index in [-0.39, 0.29) is 18.0 Å². The molecule has 0 aliphatic carbocycles. The average molecular weight is 262 g/mol. The van der Waals surface area contributed by atoms with Crippen LogP contribution in [0.3, 0.4) is 0 Å². The standard InChI is InChI=1S/C7H14O2.C6H12O3/c1-4-7(8)9-5-6(2)3;1-5(4-8-3)9-6(2)7/h6H,4-5H2,1-3H3;5H,4H2,1-3H3. The molecule has 1 atom stereocenters. The first-order valence-corrected chi connectivity index (χ1v) is 6.15. The minimum atomic E-state index is -0.264. The average Bonchev–Trinajstić information content (AvgIpc) is 2.26. The van der Waals surface area contributed by atoms with Crippen molar-refractivity contribution >= 4 is 11.9 Å². The van der Waals surface area contributed by atoms with Crippen LogP contribution in [0, 0.1) is 5.92 Å². The van der Waals surface area contributed by atoms with Crippen LogP contribution in [0.15, 0.2) is 0 Å². The molecule has 0 saturated carbocycles. The highest BCUT2D eigenvalue weighted by Crippen LogP contribution is 1.93. The predicted octanol–water partition coefficient (Wildman–Crippen LogP) is 2.18. The van der Waals surface area contributed by atoms with E-state index in [0.29, 0.717) is 25.6 Å². The van der Waals surface area contributed by atoms with Crippen molar-refractivity contribution in [2.45, 2.75) is 47.1 Å². The molecule has 0 aromatic carbocycles. The third kappa shape index (κ3) is 17.3. The first-order valence-electron chi connectivity index (χ1n) is 6.15. The molecule has 0 heterocycles. The van der Waals surface area contributed by atoms with Crippen molar-refractivity contribution in [2.24, 2.45) is 5.92 Å². The highest BCUT2D eigenvalue weighted by atomic mass is 16.6. The zero-order chi connectivity index (χ0) is 14.6.